The Labute approximate surface area is 152 Å². The summed E-state index contributed by atoms with van der Waals surface area (Å²) in [7, 11) is 0. The van der Waals surface area contributed by atoms with Crippen molar-refractivity contribution in [2.45, 2.75) is 42.9 Å². The number of benzene rings is 1. The lowest BCUT2D eigenvalue weighted by molar-refractivity contribution is -0.273. The van der Waals surface area contributed by atoms with Crippen LogP contribution in [0.1, 0.15) is 37.0 Å². The maximum absolute atomic E-state index is 13.4. The molecule has 0 bridgehead atoms. The van der Waals surface area contributed by atoms with E-state index in [2.05, 4.69) is 4.74 Å². The summed E-state index contributed by atoms with van der Waals surface area (Å²) in [6, 6.07) is 3.35. The number of fused-ring (bicyclic) bond motifs is 1. The van der Waals surface area contributed by atoms with Gasteiger partial charge in [0.1, 0.15) is 5.75 Å². The summed E-state index contributed by atoms with van der Waals surface area (Å²) in [6.45, 7) is 3.46. The van der Waals surface area contributed by atoms with Gasteiger partial charge in [-0.05, 0) is 43.8 Å². The fourth-order valence-electron chi connectivity index (χ4n) is 2.29. The molecule has 0 amide bonds. The molecule has 0 unspecified atom stereocenters. The molecule has 2 rings (SSSR count). The zero-order valence-electron chi connectivity index (χ0n) is 14.0. The van der Waals surface area contributed by atoms with Crippen molar-refractivity contribution in [3.05, 3.63) is 47.6 Å². The topological polar surface area (TPSA) is 43.4 Å². The van der Waals surface area contributed by atoms with E-state index in [0.29, 0.717) is 5.57 Å². The van der Waals surface area contributed by atoms with Gasteiger partial charge in [0.05, 0.1) is 4.90 Å². The van der Waals surface area contributed by atoms with Crippen LogP contribution in [0.3, 0.4) is 0 Å². The highest BCUT2D eigenvalue weighted by Gasteiger charge is 2.63. The van der Waals surface area contributed by atoms with Gasteiger partial charge in [-0.2, -0.15) is 17.6 Å². The summed E-state index contributed by atoms with van der Waals surface area (Å²) in [5.74, 6) is -1.08. The molecule has 1 aliphatic heterocycles. The Morgan fingerprint density at radius 3 is 2.46 bits per heavy atom. The number of thioether (sulfide) groups is 1. The largest absolute Gasteiger partial charge is 0.475 e. The predicted molar refractivity (Wildman–Crippen MR) is 90.0 cm³/mol. The molecule has 0 fully saturated rings. The Morgan fingerprint density at radius 1 is 1.15 bits per heavy atom. The van der Waals surface area contributed by atoms with Crippen LogP contribution >= 0.6 is 11.8 Å². The highest BCUT2D eigenvalue weighted by Crippen LogP contribution is 2.54. The van der Waals surface area contributed by atoms with Crippen LogP contribution in [0.4, 0.5) is 17.6 Å². The van der Waals surface area contributed by atoms with Crippen molar-refractivity contribution >= 4 is 23.3 Å². The number of ketones is 2. The van der Waals surface area contributed by atoms with Crippen molar-refractivity contribution < 1.29 is 31.9 Å². The zero-order valence-corrected chi connectivity index (χ0v) is 14.8. The van der Waals surface area contributed by atoms with Gasteiger partial charge < -0.3 is 4.74 Å². The van der Waals surface area contributed by atoms with E-state index in [9.17, 15) is 27.2 Å². The van der Waals surface area contributed by atoms with E-state index in [1.165, 1.54) is 6.07 Å². The van der Waals surface area contributed by atoms with Crippen molar-refractivity contribution in [3.63, 3.8) is 0 Å². The second-order valence-electron chi connectivity index (χ2n) is 5.49. The molecule has 3 nitrogen and oxygen atoms in total. The number of hydrogen-bond acceptors (Lipinski definition) is 4. The van der Waals surface area contributed by atoms with Crippen LogP contribution in [0.2, 0.25) is 0 Å². The molecule has 1 aromatic rings. The average molecular weight is 388 g/mol. The minimum atomic E-state index is -4.63. The van der Waals surface area contributed by atoms with Gasteiger partial charge in [0.25, 0.3) is 0 Å². The molecular formula is C18H16F4O3S. The number of alkyl halides is 4. The quantitative estimate of drug-likeness (QED) is 0.283. The summed E-state index contributed by atoms with van der Waals surface area (Å²) in [5.41, 5.74) is 0.526. The average Bonchev–Trinajstić information content (AvgIpc) is 2.57. The number of carbonyl (C=O) groups is 2. The Bertz CT molecular complexity index is 785. The fourth-order valence-corrected chi connectivity index (χ4v) is 3.12. The lowest BCUT2D eigenvalue weighted by Gasteiger charge is -2.31. The van der Waals surface area contributed by atoms with Crippen LogP contribution in [0.5, 0.6) is 5.75 Å². The summed E-state index contributed by atoms with van der Waals surface area (Å²) in [6.07, 6.45) is 0.163. The van der Waals surface area contributed by atoms with Gasteiger partial charge in [-0.1, -0.05) is 18.2 Å². The summed E-state index contributed by atoms with van der Waals surface area (Å²) in [5, 5.41) is -4.44. The van der Waals surface area contributed by atoms with Gasteiger partial charge in [0.2, 0.25) is 0 Å². The number of ether oxygens (including phenoxy) is 1. The molecule has 1 heterocycles. The van der Waals surface area contributed by atoms with E-state index >= 15 is 0 Å². The molecule has 0 saturated heterocycles. The maximum atomic E-state index is 13.4. The van der Waals surface area contributed by atoms with E-state index < -0.39 is 22.9 Å². The van der Waals surface area contributed by atoms with Gasteiger partial charge in [0, 0.05) is 24.0 Å². The standard InChI is InChI=1S/C18H16F4O3S/c1-3-5-11(4-2)13(23)7-8-14(24)12-6-9-15-16(10-12)26-18(21,22)17(19,20)25-15/h3-6,9-10H,7-8H2,1-2H3. The summed E-state index contributed by atoms with van der Waals surface area (Å²) < 4.78 is 57.2. The smallest absolute Gasteiger partial charge is 0.426 e. The van der Waals surface area contributed by atoms with Gasteiger partial charge in [-0.15, -0.1) is 0 Å². The first-order chi connectivity index (χ1) is 12.1. The first kappa shape index (κ1) is 20.2. The molecular weight excluding hydrogens is 372 g/mol. The molecule has 0 N–H and O–H groups in total. The number of Topliss-reactive ketones (excluding diaryl/α,β-unsaturated/α-hetero) is 2. The molecule has 8 heteroatoms. The SMILES string of the molecule is CC=CC(=CC)C(=O)CCC(=O)c1ccc2c(c1)SC(F)(F)C(F)(F)O2. The Hall–Kier alpha value is -2.09. The molecule has 140 valence electrons. The minimum Gasteiger partial charge on any atom is -0.426 e. The van der Waals surface area contributed by atoms with Gasteiger partial charge in [-0.3, -0.25) is 9.59 Å². The van der Waals surface area contributed by atoms with Crippen molar-refractivity contribution in [3.8, 4) is 5.75 Å². The lowest BCUT2D eigenvalue weighted by Crippen LogP contribution is -2.45. The van der Waals surface area contributed by atoms with Gasteiger partial charge in [0.15, 0.2) is 11.6 Å². The molecule has 0 saturated carbocycles. The molecule has 1 aliphatic rings. The van der Waals surface area contributed by atoms with Crippen LogP contribution < -0.4 is 4.74 Å². The van der Waals surface area contributed by atoms with Gasteiger partial charge >= 0.3 is 11.4 Å². The highest BCUT2D eigenvalue weighted by atomic mass is 32.2. The maximum Gasteiger partial charge on any atom is 0.475 e. The van der Waals surface area contributed by atoms with Crippen molar-refractivity contribution in [1.82, 2.24) is 0 Å². The number of hydrogen-bond donors (Lipinski definition) is 0. The lowest BCUT2D eigenvalue weighted by atomic mass is 10.0. The van der Waals surface area contributed by atoms with E-state index in [0.717, 1.165) is 12.1 Å². The summed E-state index contributed by atoms with van der Waals surface area (Å²) in [4.78, 5) is 24.0. The normalized spacial score (nSPS) is 18.3. The third-order valence-electron chi connectivity index (χ3n) is 3.64. The Balaban J connectivity index is 2.12. The van der Waals surface area contributed by atoms with Crippen LogP contribution in [0.15, 0.2) is 46.9 Å². The second-order valence-corrected chi connectivity index (χ2v) is 6.65. The third kappa shape index (κ3) is 4.17. The van der Waals surface area contributed by atoms with E-state index in [-0.39, 0.29) is 40.8 Å². The Kier molecular flexibility index (Phi) is 5.95. The first-order valence-corrected chi connectivity index (χ1v) is 8.56. The third-order valence-corrected chi connectivity index (χ3v) is 4.67. The molecule has 0 spiro atoms. The summed E-state index contributed by atoms with van der Waals surface area (Å²) >= 11 is -0.354. The van der Waals surface area contributed by atoms with Crippen LogP contribution in [-0.2, 0) is 4.79 Å². The van der Waals surface area contributed by atoms with Crippen LogP contribution in [-0.4, -0.2) is 22.9 Å². The minimum absolute atomic E-state index is 0.0438. The highest BCUT2D eigenvalue weighted by molar-refractivity contribution is 8.00. The monoisotopic (exact) mass is 388 g/mol. The van der Waals surface area contributed by atoms with Crippen molar-refractivity contribution in [2.24, 2.45) is 0 Å². The van der Waals surface area contributed by atoms with Crippen molar-refractivity contribution in [1.29, 1.82) is 0 Å². The van der Waals surface area contributed by atoms with E-state index in [1.807, 2.05) is 0 Å². The molecule has 1 aromatic carbocycles. The number of rotatable bonds is 6. The number of allylic oxidation sites excluding steroid dienone is 4. The Morgan fingerprint density at radius 2 is 1.85 bits per heavy atom. The first-order valence-electron chi connectivity index (χ1n) is 7.74. The molecule has 0 aliphatic carbocycles. The van der Waals surface area contributed by atoms with Crippen molar-refractivity contribution in [2.75, 3.05) is 0 Å². The molecule has 0 aromatic heterocycles. The number of carbonyl (C=O) groups excluding carboxylic acids is 2. The van der Waals surface area contributed by atoms with Crippen LogP contribution in [0, 0.1) is 0 Å². The molecule has 0 atom stereocenters. The van der Waals surface area contributed by atoms with E-state index in [4.69, 9.17) is 0 Å². The zero-order chi connectivity index (χ0) is 19.5. The van der Waals surface area contributed by atoms with E-state index in [1.54, 1.807) is 32.1 Å². The predicted octanol–water partition coefficient (Wildman–Crippen LogP) is 5.41. The number of halogens is 4. The molecule has 26 heavy (non-hydrogen) atoms. The van der Waals surface area contributed by atoms with Crippen LogP contribution in [0.25, 0.3) is 0 Å². The van der Waals surface area contributed by atoms with Gasteiger partial charge in [-0.25, -0.2) is 0 Å². The second kappa shape index (κ2) is 7.65. The molecule has 0 radical (unpaired) electrons. The fraction of sp³-hybridized carbons (Fsp3) is 0.333.